The molecule has 2 aliphatic heterocycles. The summed E-state index contributed by atoms with van der Waals surface area (Å²) in [6.07, 6.45) is 1.59. The zero-order chi connectivity index (χ0) is 20.9. The van der Waals surface area contributed by atoms with Crippen LogP contribution >= 0.6 is 0 Å². The molecule has 154 valence electrons. The topological polar surface area (TPSA) is 118 Å². The van der Waals surface area contributed by atoms with Crippen molar-refractivity contribution in [2.75, 3.05) is 25.1 Å². The predicted molar refractivity (Wildman–Crippen MR) is 108 cm³/mol. The highest BCUT2D eigenvalue weighted by Crippen LogP contribution is 2.30. The summed E-state index contributed by atoms with van der Waals surface area (Å²) in [6.45, 7) is 4.51. The van der Waals surface area contributed by atoms with Gasteiger partial charge in [0.15, 0.2) is 6.10 Å². The van der Waals surface area contributed by atoms with Crippen molar-refractivity contribution in [1.29, 1.82) is 5.26 Å². The fourth-order valence-corrected chi connectivity index (χ4v) is 3.53. The third-order valence-electron chi connectivity index (χ3n) is 4.91. The Morgan fingerprint density at radius 1 is 1.33 bits per heavy atom. The number of nitriles is 1. The predicted octanol–water partition coefficient (Wildman–Crippen LogP) is 1.87. The molecule has 4 rings (SSSR count). The number of alkyl carbamates (subject to hydrolysis) is 1. The molecule has 1 aromatic carbocycles. The number of ether oxygens (including phenoxy) is 3. The van der Waals surface area contributed by atoms with Gasteiger partial charge in [-0.15, -0.1) is 6.58 Å². The van der Waals surface area contributed by atoms with Crippen molar-refractivity contribution in [3.05, 3.63) is 54.7 Å². The van der Waals surface area contributed by atoms with Gasteiger partial charge in [-0.1, -0.05) is 18.2 Å². The van der Waals surface area contributed by atoms with Crippen molar-refractivity contribution in [3.63, 3.8) is 0 Å². The van der Waals surface area contributed by atoms with Crippen LogP contribution in [0.15, 0.2) is 49.2 Å². The van der Waals surface area contributed by atoms with E-state index in [1.807, 2.05) is 12.1 Å². The van der Waals surface area contributed by atoms with E-state index in [1.54, 1.807) is 30.5 Å². The molecule has 0 saturated carbocycles. The Balaban J connectivity index is 1.41. The number of amides is 1. The SMILES string of the molecule is C=CCNC(=O)O[C@H]1CO[C@@H]2[C@@H]1OC[C@@H]2Nc1nccc(-c2cccc(C#N)c2)n1. The van der Waals surface area contributed by atoms with E-state index >= 15 is 0 Å². The van der Waals surface area contributed by atoms with Crippen molar-refractivity contribution in [2.24, 2.45) is 0 Å². The van der Waals surface area contributed by atoms with Crippen LogP contribution in [0.4, 0.5) is 10.7 Å². The monoisotopic (exact) mass is 407 g/mol. The second-order valence-corrected chi connectivity index (χ2v) is 6.92. The second kappa shape index (κ2) is 8.90. The molecule has 2 saturated heterocycles. The van der Waals surface area contributed by atoms with E-state index in [1.165, 1.54) is 0 Å². The molecule has 0 unspecified atom stereocenters. The van der Waals surface area contributed by atoms with Crippen LogP contribution in [0.5, 0.6) is 0 Å². The van der Waals surface area contributed by atoms with E-state index in [0.717, 1.165) is 5.56 Å². The molecule has 4 atom stereocenters. The highest BCUT2D eigenvalue weighted by molar-refractivity contribution is 5.67. The molecule has 0 aliphatic carbocycles. The molecule has 0 spiro atoms. The minimum absolute atomic E-state index is 0.180. The summed E-state index contributed by atoms with van der Waals surface area (Å²) < 4.78 is 17.0. The summed E-state index contributed by atoms with van der Waals surface area (Å²) in [5, 5.41) is 14.9. The number of hydrogen-bond acceptors (Lipinski definition) is 8. The lowest BCUT2D eigenvalue weighted by molar-refractivity contribution is 0.00475. The first-order chi connectivity index (χ1) is 14.7. The number of benzene rings is 1. The first-order valence-corrected chi connectivity index (χ1v) is 9.56. The van der Waals surface area contributed by atoms with Gasteiger partial charge in [-0.05, 0) is 18.2 Å². The smallest absolute Gasteiger partial charge is 0.407 e. The van der Waals surface area contributed by atoms with Crippen LogP contribution in [0.25, 0.3) is 11.3 Å². The molecule has 3 heterocycles. The Bertz CT molecular complexity index is 976. The Labute approximate surface area is 173 Å². The van der Waals surface area contributed by atoms with Crippen LogP contribution in [0.1, 0.15) is 5.56 Å². The van der Waals surface area contributed by atoms with Gasteiger partial charge in [-0.2, -0.15) is 5.26 Å². The molecular weight excluding hydrogens is 386 g/mol. The zero-order valence-corrected chi connectivity index (χ0v) is 16.2. The van der Waals surface area contributed by atoms with Crippen molar-refractivity contribution in [2.45, 2.75) is 24.4 Å². The number of nitrogens with zero attached hydrogens (tertiary/aromatic N) is 3. The van der Waals surface area contributed by atoms with E-state index in [4.69, 9.17) is 19.5 Å². The summed E-state index contributed by atoms with van der Waals surface area (Å²) in [6, 6.07) is 11.0. The Hall–Kier alpha value is -3.48. The molecule has 0 bridgehead atoms. The molecule has 2 aromatic rings. The van der Waals surface area contributed by atoms with Gasteiger partial charge in [0.25, 0.3) is 0 Å². The molecule has 0 radical (unpaired) electrons. The average Bonchev–Trinajstić information content (AvgIpc) is 3.36. The van der Waals surface area contributed by atoms with Gasteiger partial charge in [0.2, 0.25) is 5.95 Å². The summed E-state index contributed by atoms with van der Waals surface area (Å²) in [4.78, 5) is 20.6. The third kappa shape index (κ3) is 4.25. The van der Waals surface area contributed by atoms with Crippen molar-refractivity contribution >= 4 is 12.0 Å². The van der Waals surface area contributed by atoms with Crippen LogP contribution in [0, 0.1) is 11.3 Å². The number of fused-ring (bicyclic) bond motifs is 1. The molecule has 30 heavy (non-hydrogen) atoms. The lowest BCUT2D eigenvalue weighted by Gasteiger charge is -2.18. The largest absolute Gasteiger partial charge is 0.441 e. The zero-order valence-electron chi connectivity index (χ0n) is 16.2. The summed E-state index contributed by atoms with van der Waals surface area (Å²) in [7, 11) is 0. The second-order valence-electron chi connectivity index (χ2n) is 6.92. The maximum Gasteiger partial charge on any atom is 0.407 e. The van der Waals surface area contributed by atoms with Crippen LogP contribution in [-0.4, -0.2) is 60.2 Å². The Morgan fingerprint density at radius 3 is 3.03 bits per heavy atom. The van der Waals surface area contributed by atoms with E-state index in [0.29, 0.717) is 30.4 Å². The molecule has 2 fully saturated rings. The van der Waals surface area contributed by atoms with Gasteiger partial charge in [0.05, 0.1) is 36.6 Å². The fraction of sp³-hybridized carbons (Fsp3) is 0.333. The van der Waals surface area contributed by atoms with E-state index < -0.39 is 12.2 Å². The lowest BCUT2D eigenvalue weighted by atomic mass is 10.1. The number of hydrogen-bond donors (Lipinski definition) is 2. The van der Waals surface area contributed by atoms with Crippen LogP contribution in [-0.2, 0) is 14.2 Å². The average molecular weight is 407 g/mol. The maximum absolute atomic E-state index is 11.8. The van der Waals surface area contributed by atoms with Crippen molar-refractivity contribution in [3.8, 4) is 17.3 Å². The van der Waals surface area contributed by atoms with E-state index in [2.05, 4.69) is 33.2 Å². The molecule has 9 nitrogen and oxygen atoms in total. The summed E-state index contributed by atoms with van der Waals surface area (Å²) in [5.41, 5.74) is 2.10. The molecule has 2 aliphatic rings. The molecular formula is C21H21N5O4. The fourth-order valence-electron chi connectivity index (χ4n) is 3.53. The molecule has 1 aromatic heterocycles. The third-order valence-corrected chi connectivity index (χ3v) is 4.91. The minimum atomic E-state index is -0.528. The van der Waals surface area contributed by atoms with Gasteiger partial charge in [0, 0.05) is 18.3 Å². The van der Waals surface area contributed by atoms with E-state index in [-0.39, 0.29) is 24.9 Å². The van der Waals surface area contributed by atoms with Gasteiger partial charge in [-0.25, -0.2) is 14.8 Å². The quantitative estimate of drug-likeness (QED) is 0.697. The van der Waals surface area contributed by atoms with Gasteiger partial charge in [0.1, 0.15) is 12.2 Å². The number of rotatable bonds is 6. The standard InChI is InChI=1S/C21H21N5O4/c1-2-7-24-21(27)30-17-12-29-18-16(11-28-19(17)18)26-20-23-8-6-15(25-20)14-5-3-4-13(9-14)10-22/h2-6,8-9,16-19H,1,7,11-12H2,(H,24,27)(H,23,25,26)/t16-,17-,18-,19+/m0/s1. The number of nitrogens with one attached hydrogen (secondary N) is 2. The highest BCUT2D eigenvalue weighted by atomic mass is 16.6. The molecule has 1 amide bonds. The first kappa shape index (κ1) is 19.8. The van der Waals surface area contributed by atoms with Crippen LogP contribution in [0.2, 0.25) is 0 Å². The van der Waals surface area contributed by atoms with Gasteiger partial charge in [-0.3, -0.25) is 0 Å². The Morgan fingerprint density at radius 2 is 2.20 bits per heavy atom. The minimum Gasteiger partial charge on any atom is -0.441 e. The number of carbonyl (C=O) groups is 1. The van der Waals surface area contributed by atoms with Gasteiger partial charge >= 0.3 is 6.09 Å². The van der Waals surface area contributed by atoms with E-state index in [9.17, 15) is 4.79 Å². The van der Waals surface area contributed by atoms with Crippen LogP contribution < -0.4 is 10.6 Å². The lowest BCUT2D eigenvalue weighted by Crippen LogP contribution is -2.39. The number of carbonyl (C=O) groups excluding carboxylic acids is 1. The first-order valence-electron chi connectivity index (χ1n) is 9.56. The Kier molecular flexibility index (Phi) is 5.88. The molecule has 9 heteroatoms. The normalized spacial score (nSPS) is 24.5. The maximum atomic E-state index is 11.8. The van der Waals surface area contributed by atoms with Crippen molar-refractivity contribution in [1.82, 2.24) is 15.3 Å². The van der Waals surface area contributed by atoms with Crippen molar-refractivity contribution < 1.29 is 19.0 Å². The highest BCUT2D eigenvalue weighted by Gasteiger charge is 2.49. The number of anilines is 1. The molecule has 2 N–H and O–H groups in total. The number of aromatic nitrogens is 2. The van der Waals surface area contributed by atoms with Crippen LogP contribution in [0.3, 0.4) is 0 Å². The summed E-state index contributed by atoms with van der Waals surface area (Å²) >= 11 is 0. The van der Waals surface area contributed by atoms with Gasteiger partial charge < -0.3 is 24.8 Å². The summed E-state index contributed by atoms with van der Waals surface area (Å²) in [5.74, 6) is 0.431.